The SMILES string of the molecule is Cc1nc2cc(F)cc(C(=O)N3CCC(n4cc(C(=O)O)cn4)CC3)c2nc1C. The molecule has 3 heterocycles. The maximum Gasteiger partial charge on any atom is 0.338 e. The van der Waals surface area contributed by atoms with Gasteiger partial charge in [0, 0.05) is 25.4 Å². The Kier molecular flexibility index (Phi) is 4.73. The molecule has 0 spiro atoms. The maximum absolute atomic E-state index is 14.1. The molecule has 0 bridgehead atoms. The summed E-state index contributed by atoms with van der Waals surface area (Å²) in [5.74, 6) is -1.82. The van der Waals surface area contributed by atoms with E-state index in [9.17, 15) is 14.0 Å². The summed E-state index contributed by atoms with van der Waals surface area (Å²) in [5, 5.41) is 13.2. The third-order valence-corrected chi connectivity index (χ3v) is 5.35. The van der Waals surface area contributed by atoms with Crippen LogP contribution in [0.1, 0.15) is 51.0 Å². The summed E-state index contributed by atoms with van der Waals surface area (Å²) in [6.07, 6.45) is 4.08. The molecule has 3 aromatic rings. The van der Waals surface area contributed by atoms with Gasteiger partial charge in [0.1, 0.15) is 11.3 Å². The Labute approximate surface area is 166 Å². The van der Waals surface area contributed by atoms with Crippen LogP contribution in [-0.2, 0) is 0 Å². The number of carbonyl (C=O) groups excluding carboxylic acids is 1. The Balaban J connectivity index is 1.55. The van der Waals surface area contributed by atoms with Crippen LogP contribution in [0, 0.1) is 19.7 Å². The molecule has 1 saturated heterocycles. The Morgan fingerprint density at radius 2 is 1.83 bits per heavy atom. The number of rotatable bonds is 3. The number of nitrogens with zero attached hydrogens (tertiary/aromatic N) is 5. The molecule has 0 unspecified atom stereocenters. The van der Waals surface area contributed by atoms with E-state index >= 15 is 0 Å². The molecule has 150 valence electrons. The molecule has 1 aliphatic rings. The number of hydrogen-bond donors (Lipinski definition) is 1. The number of aromatic nitrogens is 4. The molecule has 0 atom stereocenters. The van der Waals surface area contributed by atoms with E-state index in [0.29, 0.717) is 48.4 Å². The zero-order valence-corrected chi connectivity index (χ0v) is 16.1. The van der Waals surface area contributed by atoms with Crippen molar-refractivity contribution in [2.75, 3.05) is 13.1 Å². The number of hydrogen-bond acceptors (Lipinski definition) is 5. The Morgan fingerprint density at radius 1 is 1.14 bits per heavy atom. The van der Waals surface area contributed by atoms with E-state index in [1.807, 2.05) is 0 Å². The van der Waals surface area contributed by atoms with Crippen molar-refractivity contribution < 1.29 is 19.1 Å². The Hall–Kier alpha value is -3.36. The standard InChI is InChI=1S/C20H20FN5O3/c1-11-12(2)24-18-16(7-14(21)8-17(18)23-11)19(27)25-5-3-15(4-6-25)26-10-13(9-22-26)20(28)29/h7-10,15H,3-6H2,1-2H3,(H,28,29). The Bertz CT molecular complexity index is 1120. The van der Waals surface area contributed by atoms with Crippen molar-refractivity contribution in [2.45, 2.75) is 32.7 Å². The van der Waals surface area contributed by atoms with Crippen LogP contribution in [0.5, 0.6) is 0 Å². The highest BCUT2D eigenvalue weighted by Gasteiger charge is 2.27. The van der Waals surface area contributed by atoms with Gasteiger partial charge in [0.25, 0.3) is 5.91 Å². The van der Waals surface area contributed by atoms with Crippen molar-refractivity contribution >= 4 is 22.9 Å². The van der Waals surface area contributed by atoms with Gasteiger partial charge in [-0.2, -0.15) is 5.10 Å². The number of fused-ring (bicyclic) bond motifs is 1. The number of piperidine rings is 1. The van der Waals surface area contributed by atoms with Crippen molar-refractivity contribution in [3.63, 3.8) is 0 Å². The van der Waals surface area contributed by atoms with E-state index in [2.05, 4.69) is 15.1 Å². The van der Waals surface area contributed by atoms with Crippen LogP contribution in [0.2, 0.25) is 0 Å². The number of halogens is 1. The van der Waals surface area contributed by atoms with Crippen LogP contribution in [0.4, 0.5) is 4.39 Å². The predicted molar refractivity (Wildman–Crippen MR) is 102 cm³/mol. The van der Waals surface area contributed by atoms with Gasteiger partial charge in [-0.15, -0.1) is 0 Å². The van der Waals surface area contributed by atoms with Gasteiger partial charge in [-0.05, 0) is 32.8 Å². The second-order valence-corrected chi connectivity index (χ2v) is 7.25. The van der Waals surface area contributed by atoms with Crippen LogP contribution in [-0.4, -0.2) is 54.7 Å². The lowest BCUT2D eigenvalue weighted by atomic mass is 10.0. The van der Waals surface area contributed by atoms with E-state index < -0.39 is 11.8 Å². The zero-order valence-electron chi connectivity index (χ0n) is 16.1. The van der Waals surface area contributed by atoms with Gasteiger partial charge in [0.15, 0.2) is 0 Å². The molecular weight excluding hydrogens is 377 g/mol. The fourth-order valence-corrected chi connectivity index (χ4v) is 3.61. The van der Waals surface area contributed by atoms with Crippen LogP contribution in [0.25, 0.3) is 11.0 Å². The molecule has 4 rings (SSSR count). The van der Waals surface area contributed by atoms with Crippen LogP contribution >= 0.6 is 0 Å². The van der Waals surface area contributed by atoms with Crippen LogP contribution in [0.3, 0.4) is 0 Å². The first-order chi connectivity index (χ1) is 13.8. The largest absolute Gasteiger partial charge is 0.478 e. The molecule has 0 aliphatic carbocycles. The number of carboxylic acids is 1. The summed E-state index contributed by atoms with van der Waals surface area (Å²) in [7, 11) is 0. The quantitative estimate of drug-likeness (QED) is 0.729. The van der Waals surface area contributed by atoms with Gasteiger partial charge in [-0.25, -0.2) is 19.2 Å². The van der Waals surface area contributed by atoms with Gasteiger partial charge < -0.3 is 10.0 Å². The summed E-state index contributed by atoms with van der Waals surface area (Å²) in [6, 6.07) is 2.52. The molecule has 1 fully saturated rings. The van der Waals surface area contributed by atoms with Crippen molar-refractivity contribution in [2.24, 2.45) is 0 Å². The average molecular weight is 397 g/mol. The minimum atomic E-state index is -1.02. The lowest BCUT2D eigenvalue weighted by Crippen LogP contribution is -2.39. The topological polar surface area (TPSA) is 101 Å². The van der Waals surface area contributed by atoms with Crippen molar-refractivity contribution in [3.05, 3.63) is 52.9 Å². The molecule has 1 aliphatic heterocycles. The van der Waals surface area contributed by atoms with E-state index in [0.717, 1.165) is 0 Å². The zero-order chi connectivity index (χ0) is 20.7. The van der Waals surface area contributed by atoms with E-state index in [-0.39, 0.29) is 23.1 Å². The lowest BCUT2D eigenvalue weighted by Gasteiger charge is -2.32. The second kappa shape index (κ2) is 7.23. The number of amides is 1. The first kappa shape index (κ1) is 19.0. The third kappa shape index (κ3) is 3.55. The molecule has 0 saturated carbocycles. The molecule has 1 N–H and O–H groups in total. The summed E-state index contributed by atoms with van der Waals surface area (Å²) in [6.45, 7) is 4.52. The summed E-state index contributed by atoms with van der Waals surface area (Å²) >= 11 is 0. The molecule has 2 aromatic heterocycles. The molecule has 1 amide bonds. The summed E-state index contributed by atoms with van der Waals surface area (Å²) in [5.41, 5.74) is 2.51. The highest BCUT2D eigenvalue weighted by Crippen LogP contribution is 2.26. The van der Waals surface area contributed by atoms with Gasteiger partial charge in [0.05, 0.1) is 40.3 Å². The smallest absolute Gasteiger partial charge is 0.338 e. The molecular formula is C20H20FN5O3. The highest BCUT2D eigenvalue weighted by molar-refractivity contribution is 6.04. The lowest BCUT2D eigenvalue weighted by molar-refractivity contribution is 0.0689. The number of benzene rings is 1. The molecule has 29 heavy (non-hydrogen) atoms. The molecule has 8 nitrogen and oxygen atoms in total. The van der Waals surface area contributed by atoms with Crippen molar-refractivity contribution in [1.82, 2.24) is 24.6 Å². The van der Waals surface area contributed by atoms with Gasteiger partial charge >= 0.3 is 5.97 Å². The Morgan fingerprint density at radius 3 is 2.48 bits per heavy atom. The van der Waals surface area contributed by atoms with Crippen molar-refractivity contribution in [1.29, 1.82) is 0 Å². The molecule has 1 aromatic carbocycles. The number of carboxylic acid groups (broad SMARTS) is 1. The third-order valence-electron chi connectivity index (χ3n) is 5.35. The summed E-state index contributed by atoms with van der Waals surface area (Å²) < 4.78 is 15.7. The van der Waals surface area contributed by atoms with E-state index in [1.54, 1.807) is 23.4 Å². The predicted octanol–water partition coefficient (Wildman–Crippen LogP) is 2.76. The van der Waals surface area contributed by atoms with Crippen LogP contribution < -0.4 is 0 Å². The van der Waals surface area contributed by atoms with Gasteiger partial charge in [-0.1, -0.05) is 0 Å². The number of likely N-dealkylation sites (tertiary alicyclic amines) is 1. The van der Waals surface area contributed by atoms with Crippen molar-refractivity contribution in [3.8, 4) is 0 Å². The van der Waals surface area contributed by atoms with Gasteiger partial charge in [-0.3, -0.25) is 9.48 Å². The minimum Gasteiger partial charge on any atom is -0.478 e. The number of aryl methyl sites for hydroxylation is 2. The fraction of sp³-hybridized carbons (Fsp3) is 0.350. The summed E-state index contributed by atoms with van der Waals surface area (Å²) in [4.78, 5) is 34.6. The molecule has 0 radical (unpaired) electrons. The van der Waals surface area contributed by atoms with E-state index in [4.69, 9.17) is 5.11 Å². The monoisotopic (exact) mass is 397 g/mol. The molecule has 9 heteroatoms. The van der Waals surface area contributed by atoms with Gasteiger partial charge in [0.2, 0.25) is 0 Å². The van der Waals surface area contributed by atoms with Crippen LogP contribution in [0.15, 0.2) is 24.5 Å². The highest BCUT2D eigenvalue weighted by atomic mass is 19.1. The van der Waals surface area contributed by atoms with E-state index in [1.165, 1.54) is 24.5 Å². The normalized spacial score (nSPS) is 15.1. The maximum atomic E-state index is 14.1. The second-order valence-electron chi connectivity index (χ2n) is 7.25. The first-order valence-electron chi connectivity index (χ1n) is 9.34. The average Bonchev–Trinajstić information content (AvgIpc) is 3.19. The number of aromatic carboxylic acids is 1. The minimum absolute atomic E-state index is 0.0149. The number of carbonyl (C=O) groups is 2. The first-order valence-corrected chi connectivity index (χ1v) is 9.34. The fourth-order valence-electron chi connectivity index (χ4n) is 3.61.